The van der Waals surface area contributed by atoms with Crippen LogP contribution in [0, 0.1) is 0 Å². The number of benzene rings is 1. The van der Waals surface area contributed by atoms with Gasteiger partial charge in [0.05, 0.1) is 25.0 Å². The van der Waals surface area contributed by atoms with E-state index in [-0.39, 0.29) is 18.0 Å². The molecule has 150 valence electrons. The lowest BCUT2D eigenvalue weighted by atomic mass is 10.0. The van der Waals surface area contributed by atoms with Crippen molar-refractivity contribution in [3.63, 3.8) is 0 Å². The summed E-state index contributed by atoms with van der Waals surface area (Å²) in [6.07, 6.45) is 3.59. The summed E-state index contributed by atoms with van der Waals surface area (Å²) >= 11 is 0. The smallest absolute Gasteiger partial charge is 0.324 e. The summed E-state index contributed by atoms with van der Waals surface area (Å²) in [7, 11) is 1.55. The van der Waals surface area contributed by atoms with Crippen molar-refractivity contribution in [2.75, 3.05) is 37.4 Å². The Labute approximate surface area is 163 Å². The third-order valence-corrected chi connectivity index (χ3v) is 4.79. The van der Waals surface area contributed by atoms with Gasteiger partial charge in [-0.15, -0.1) is 0 Å². The number of nitrogens with two attached hydrogens (primary N) is 1. The van der Waals surface area contributed by atoms with Crippen LogP contribution in [0.5, 0.6) is 5.75 Å². The molecular formula is C19H26N6O3. The fraction of sp³-hybridized carbons (Fsp3) is 0.421. The van der Waals surface area contributed by atoms with Crippen molar-refractivity contribution in [2.45, 2.75) is 25.3 Å². The Morgan fingerprint density at radius 2 is 1.96 bits per heavy atom. The number of piperidine rings is 1. The van der Waals surface area contributed by atoms with Crippen molar-refractivity contribution in [3.8, 4) is 5.75 Å². The van der Waals surface area contributed by atoms with Gasteiger partial charge in [0, 0.05) is 32.1 Å². The molecule has 1 aromatic carbocycles. The second-order valence-corrected chi connectivity index (χ2v) is 6.59. The molecule has 1 aliphatic heterocycles. The molecule has 0 unspecified atom stereocenters. The Bertz CT molecular complexity index is 814. The molecule has 0 atom stereocenters. The Hall–Kier alpha value is -3.07. The second-order valence-electron chi connectivity index (χ2n) is 6.59. The zero-order valence-corrected chi connectivity index (χ0v) is 15.9. The lowest BCUT2D eigenvalue weighted by Gasteiger charge is -2.32. The average molecular weight is 386 g/mol. The minimum absolute atomic E-state index is 0.0935. The maximum Gasteiger partial charge on any atom is 0.324 e. The van der Waals surface area contributed by atoms with E-state index in [9.17, 15) is 9.59 Å². The van der Waals surface area contributed by atoms with Crippen molar-refractivity contribution in [3.05, 3.63) is 36.5 Å². The van der Waals surface area contributed by atoms with Crippen LogP contribution in [-0.4, -0.2) is 53.4 Å². The normalized spacial score (nSPS) is 14.6. The van der Waals surface area contributed by atoms with Crippen LogP contribution in [0.15, 0.2) is 36.5 Å². The average Bonchev–Trinajstić information content (AvgIpc) is 3.16. The third-order valence-electron chi connectivity index (χ3n) is 4.79. The molecule has 28 heavy (non-hydrogen) atoms. The van der Waals surface area contributed by atoms with Crippen molar-refractivity contribution < 1.29 is 14.3 Å². The van der Waals surface area contributed by atoms with Crippen LogP contribution in [0.1, 0.15) is 25.3 Å². The number of methoxy groups -OCH3 is 1. The SMILES string of the molecule is COc1ccccc1NC(=O)Nc1ccnn1C1CCN(C(=O)CCN)CC1. The van der Waals surface area contributed by atoms with E-state index in [4.69, 9.17) is 10.5 Å². The minimum Gasteiger partial charge on any atom is -0.495 e. The molecule has 1 aliphatic rings. The highest BCUT2D eigenvalue weighted by molar-refractivity contribution is 6.00. The number of anilines is 2. The number of urea groups is 1. The number of aromatic nitrogens is 2. The van der Waals surface area contributed by atoms with Gasteiger partial charge >= 0.3 is 6.03 Å². The van der Waals surface area contributed by atoms with Crippen LogP contribution in [0.3, 0.4) is 0 Å². The quantitative estimate of drug-likeness (QED) is 0.703. The number of nitrogens with one attached hydrogen (secondary N) is 2. The fourth-order valence-electron chi connectivity index (χ4n) is 3.36. The summed E-state index contributed by atoms with van der Waals surface area (Å²) in [5, 5.41) is 9.99. The summed E-state index contributed by atoms with van der Waals surface area (Å²) in [5.74, 6) is 1.29. The molecule has 3 rings (SSSR count). The van der Waals surface area contributed by atoms with E-state index < -0.39 is 0 Å². The van der Waals surface area contributed by atoms with Crippen LogP contribution < -0.4 is 21.1 Å². The zero-order chi connectivity index (χ0) is 19.9. The van der Waals surface area contributed by atoms with E-state index in [1.807, 2.05) is 21.7 Å². The predicted octanol–water partition coefficient (Wildman–Crippen LogP) is 2.05. The van der Waals surface area contributed by atoms with Crippen molar-refractivity contribution in [1.82, 2.24) is 14.7 Å². The number of hydrogen-bond donors (Lipinski definition) is 3. The number of nitrogens with zero attached hydrogens (tertiary/aromatic N) is 3. The Morgan fingerprint density at radius 3 is 2.68 bits per heavy atom. The van der Waals surface area contributed by atoms with Crippen molar-refractivity contribution in [2.24, 2.45) is 5.73 Å². The molecule has 0 aliphatic carbocycles. The van der Waals surface area contributed by atoms with Crippen LogP contribution >= 0.6 is 0 Å². The highest BCUT2D eigenvalue weighted by Gasteiger charge is 2.25. The predicted molar refractivity (Wildman–Crippen MR) is 106 cm³/mol. The molecule has 2 aromatic rings. The second kappa shape index (κ2) is 9.23. The molecule has 9 heteroatoms. The number of amides is 3. The first-order valence-corrected chi connectivity index (χ1v) is 9.34. The number of para-hydroxylation sites is 2. The molecule has 1 aromatic heterocycles. The van der Waals surface area contributed by atoms with Crippen LogP contribution in [0.2, 0.25) is 0 Å². The number of rotatable bonds is 6. The van der Waals surface area contributed by atoms with Crippen molar-refractivity contribution in [1.29, 1.82) is 0 Å². The molecule has 0 saturated carbocycles. The van der Waals surface area contributed by atoms with E-state index in [1.165, 1.54) is 0 Å². The summed E-state index contributed by atoms with van der Waals surface area (Å²) in [6, 6.07) is 8.71. The Morgan fingerprint density at radius 1 is 1.21 bits per heavy atom. The van der Waals surface area contributed by atoms with Gasteiger partial charge in [0.1, 0.15) is 11.6 Å². The van der Waals surface area contributed by atoms with E-state index >= 15 is 0 Å². The third kappa shape index (κ3) is 4.61. The van der Waals surface area contributed by atoms with Gasteiger partial charge in [-0.25, -0.2) is 9.48 Å². The molecule has 9 nitrogen and oxygen atoms in total. The Balaban J connectivity index is 1.60. The maximum atomic E-state index is 12.4. The number of hydrogen-bond acceptors (Lipinski definition) is 5. The van der Waals surface area contributed by atoms with E-state index in [0.29, 0.717) is 43.3 Å². The minimum atomic E-state index is -0.373. The summed E-state index contributed by atoms with van der Waals surface area (Å²) < 4.78 is 7.06. The number of carbonyl (C=O) groups excluding carboxylic acids is 2. The lowest BCUT2D eigenvalue weighted by Crippen LogP contribution is -2.40. The topological polar surface area (TPSA) is 115 Å². The fourth-order valence-corrected chi connectivity index (χ4v) is 3.36. The number of likely N-dealkylation sites (tertiary alicyclic amines) is 1. The van der Waals surface area contributed by atoms with E-state index in [1.54, 1.807) is 31.5 Å². The first kappa shape index (κ1) is 19.7. The van der Waals surface area contributed by atoms with Gasteiger partial charge in [-0.1, -0.05) is 12.1 Å². The van der Waals surface area contributed by atoms with E-state index in [2.05, 4.69) is 15.7 Å². The van der Waals surface area contributed by atoms with Gasteiger partial charge in [0.25, 0.3) is 0 Å². The van der Waals surface area contributed by atoms with Gasteiger partial charge in [0.2, 0.25) is 5.91 Å². The highest BCUT2D eigenvalue weighted by atomic mass is 16.5. The Kier molecular flexibility index (Phi) is 6.49. The summed E-state index contributed by atoms with van der Waals surface area (Å²) in [4.78, 5) is 26.2. The maximum absolute atomic E-state index is 12.4. The molecule has 0 spiro atoms. The molecule has 1 fully saturated rings. The highest BCUT2D eigenvalue weighted by Crippen LogP contribution is 2.26. The van der Waals surface area contributed by atoms with Crippen LogP contribution in [0.4, 0.5) is 16.3 Å². The first-order chi connectivity index (χ1) is 13.6. The van der Waals surface area contributed by atoms with E-state index in [0.717, 1.165) is 12.8 Å². The standard InChI is InChI=1S/C19H26N6O3/c1-28-16-5-3-2-4-15(16)22-19(27)23-17-7-11-21-25(17)14-8-12-24(13-9-14)18(26)6-10-20/h2-5,7,11,14H,6,8-10,12-13,20H2,1H3,(H2,22,23,27). The summed E-state index contributed by atoms with van der Waals surface area (Å²) in [5.41, 5.74) is 6.05. The molecule has 4 N–H and O–H groups in total. The van der Waals surface area contributed by atoms with Gasteiger partial charge in [-0.05, 0) is 25.0 Å². The number of ether oxygens (including phenoxy) is 1. The molecule has 3 amide bonds. The van der Waals surface area contributed by atoms with Crippen LogP contribution in [-0.2, 0) is 4.79 Å². The largest absolute Gasteiger partial charge is 0.495 e. The van der Waals surface area contributed by atoms with Crippen molar-refractivity contribution >= 4 is 23.4 Å². The number of carbonyl (C=O) groups is 2. The zero-order valence-electron chi connectivity index (χ0n) is 15.9. The van der Waals surface area contributed by atoms with Gasteiger partial charge < -0.3 is 20.7 Å². The van der Waals surface area contributed by atoms with Gasteiger partial charge in [0.15, 0.2) is 0 Å². The first-order valence-electron chi connectivity index (χ1n) is 9.34. The summed E-state index contributed by atoms with van der Waals surface area (Å²) in [6.45, 7) is 1.69. The molecule has 0 radical (unpaired) electrons. The molecule has 2 heterocycles. The van der Waals surface area contributed by atoms with Crippen LogP contribution in [0.25, 0.3) is 0 Å². The van der Waals surface area contributed by atoms with Gasteiger partial charge in [-0.3, -0.25) is 10.1 Å². The monoisotopic (exact) mass is 386 g/mol. The molecule has 0 bridgehead atoms. The lowest BCUT2D eigenvalue weighted by molar-refractivity contribution is -0.132. The van der Waals surface area contributed by atoms with Gasteiger partial charge in [-0.2, -0.15) is 5.10 Å². The molecular weight excluding hydrogens is 360 g/mol. The molecule has 1 saturated heterocycles.